The van der Waals surface area contributed by atoms with E-state index in [9.17, 15) is 4.79 Å². The number of rotatable bonds is 6. The molecule has 3 aliphatic heterocycles. The molecule has 1 atom stereocenters. The van der Waals surface area contributed by atoms with E-state index in [0.29, 0.717) is 12.6 Å². The minimum absolute atomic E-state index is 0.341. The van der Waals surface area contributed by atoms with E-state index >= 15 is 0 Å². The number of aryl methyl sites for hydroxylation is 1. The predicted octanol–water partition coefficient (Wildman–Crippen LogP) is 2.46. The molecule has 0 aliphatic carbocycles. The molecular weight excluding hydrogens is 390 g/mol. The van der Waals surface area contributed by atoms with Gasteiger partial charge < -0.3 is 19.9 Å². The topological polar surface area (TPSA) is 62.6 Å². The van der Waals surface area contributed by atoms with Gasteiger partial charge in [0.25, 0.3) is 0 Å². The molecule has 3 aliphatic rings. The number of hydrogen-bond donors (Lipinski definition) is 1. The van der Waals surface area contributed by atoms with Gasteiger partial charge in [0.15, 0.2) is 0 Å². The van der Waals surface area contributed by atoms with E-state index in [-0.39, 0.29) is 0 Å². The average Bonchev–Trinajstić information content (AvgIpc) is 3.54. The molecule has 7 heteroatoms. The zero-order valence-corrected chi connectivity index (χ0v) is 18.0. The van der Waals surface area contributed by atoms with Gasteiger partial charge in [-0.25, -0.2) is 0 Å². The summed E-state index contributed by atoms with van der Waals surface area (Å²) >= 11 is 0. The van der Waals surface area contributed by atoms with Gasteiger partial charge in [0.05, 0.1) is 18.8 Å². The van der Waals surface area contributed by atoms with E-state index in [4.69, 9.17) is 4.74 Å². The Bertz CT molecular complexity index is 1030. The van der Waals surface area contributed by atoms with Crippen molar-refractivity contribution in [3.63, 3.8) is 0 Å². The Morgan fingerprint density at radius 2 is 2.19 bits per heavy atom. The van der Waals surface area contributed by atoms with Crippen molar-refractivity contribution in [2.24, 2.45) is 7.05 Å². The Balaban J connectivity index is 1.42. The number of hydrogen-bond acceptors (Lipinski definition) is 5. The first-order valence-electron chi connectivity index (χ1n) is 11.0. The number of carbonyl (C=O) groups excluding carboxylic acids is 1. The average molecular weight is 420 g/mol. The van der Waals surface area contributed by atoms with Crippen molar-refractivity contribution in [2.45, 2.75) is 25.3 Å². The second-order valence-electron chi connectivity index (χ2n) is 8.58. The maximum Gasteiger partial charge on any atom is 0.210 e. The van der Waals surface area contributed by atoms with Crippen LogP contribution < -0.4 is 10.2 Å². The van der Waals surface area contributed by atoms with Gasteiger partial charge >= 0.3 is 0 Å². The minimum Gasteiger partial charge on any atom is -0.383 e. The third kappa shape index (κ3) is 3.85. The molecule has 2 aromatic rings. The Kier molecular flexibility index (Phi) is 5.28. The molecule has 1 N–H and O–H groups in total. The van der Waals surface area contributed by atoms with Crippen LogP contribution in [0.1, 0.15) is 18.4 Å². The first-order valence-corrected chi connectivity index (χ1v) is 11.0. The largest absolute Gasteiger partial charge is 0.383 e. The van der Waals surface area contributed by atoms with Crippen LogP contribution in [-0.4, -0.2) is 60.0 Å². The molecule has 5 rings (SSSR count). The van der Waals surface area contributed by atoms with Gasteiger partial charge in [0.2, 0.25) is 6.41 Å². The van der Waals surface area contributed by atoms with E-state index in [1.165, 1.54) is 22.5 Å². The Labute approximate surface area is 183 Å². The van der Waals surface area contributed by atoms with Crippen molar-refractivity contribution in [1.82, 2.24) is 20.0 Å². The zero-order chi connectivity index (χ0) is 21.4. The number of nitrogens with zero attached hydrogens (tertiary/aromatic N) is 4. The molecule has 0 spiro atoms. The third-order valence-corrected chi connectivity index (χ3v) is 6.52. The Hall–Kier alpha value is -3.06. The molecule has 0 bridgehead atoms. The summed E-state index contributed by atoms with van der Waals surface area (Å²) in [5, 5.41) is 7.98. The quantitative estimate of drug-likeness (QED) is 0.729. The van der Waals surface area contributed by atoms with Gasteiger partial charge in [-0.3, -0.25) is 9.48 Å². The first-order chi connectivity index (χ1) is 15.1. The molecule has 1 aromatic heterocycles. The van der Waals surface area contributed by atoms with Crippen LogP contribution in [0.3, 0.4) is 0 Å². The normalized spacial score (nSPS) is 20.9. The molecule has 4 heterocycles. The maximum absolute atomic E-state index is 11.5. The highest BCUT2D eigenvalue weighted by Gasteiger charge is 2.29. The number of fused-ring (bicyclic) bond motifs is 1. The summed E-state index contributed by atoms with van der Waals surface area (Å²) in [5.74, 6) is 0. The monoisotopic (exact) mass is 419 g/mol. The third-order valence-electron chi connectivity index (χ3n) is 6.52. The zero-order valence-electron chi connectivity index (χ0n) is 18.0. The molecule has 1 fully saturated rings. The molecule has 162 valence electrons. The van der Waals surface area contributed by atoms with Gasteiger partial charge in [-0.2, -0.15) is 5.10 Å². The highest BCUT2D eigenvalue weighted by atomic mass is 16.5. The number of nitrogens with one attached hydrogen (secondary N) is 1. The second-order valence-corrected chi connectivity index (χ2v) is 8.58. The van der Waals surface area contributed by atoms with Gasteiger partial charge in [-0.1, -0.05) is 12.6 Å². The standard InChI is InChI=1S/C24H29N5O2/c1-17(22-14-28(16-30)8-6-23(22)26-21-7-10-31-15-21)29-9-5-19-11-18(3-4-24(19)29)20-12-25-27(2)13-20/h3-4,11-13,16,21,26H,1,5-10,14-15H2,2H3. The molecule has 1 saturated heterocycles. The van der Waals surface area contributed by atoms with Crippen LogP contribution in [0.15, 0.2) is 54.1 Å². The fourth-order valence-corrected chi connectivity index (χ4v) is 4.79. The lowest BCUT2D eigenvalue weighted by Gasteiger charge is -2.34. The number of benzene rings is 1. The summed E-state index contributed by atoms with van der Waals surface area (Å²) < 4.78 is 7.37. The number of carbonyl (C=O) groups is 1. The van der Waals surface area contributed by atoms with Gasteiger partial charge in [-0.05, 0) is 36.1 Å². The van der Waals surface area contributed by atoms with Crippen LogP contribution in [0, 0.1) is 0 Å². The fourth-order valence-electron chi connectivity index (χ4n) is 4.79. The summed E-state index contributed by atoms with van der Waals surface area (Å²) in [5.41, 5.74) is 8.17. The first kappa shape index (κ1) is 19.9. The van der Waals surface area contributed by atoms with E-state index in [1.807, 2.05) is 29.0 Å². The van der Waals surface area contributed by atoms with Crippen molar-refractivity contribution in [3.05, 3.63) is 59.7 Å². The van der Waals surface area contributed by atoms with Gasteiger partial charge in [0, 0.05) is 74.1 Å². The van der Waals surface area contributed by atoms with Crippen molar-refractivity contribution < 1.29 is 9.53 Å². The van der Waals surface area contributed by atoms with E-state index in [2.05, 4.69) is 40.1 Å². The minimum atomic E-state index is 0.341. The van der Waals surface area contributed by atoms with Crippen molar-refractivity contribution in [1.29, 1.82) is 0 Å². The lowest BCUT2D eigenvalue weighted by atomic mass is 10.0. The number of anilines is 1. The van der Waals surface area contributed by atoms with Crippen LogP contribution in [0.4, 0.5) is 5.69 Å². The van der Waals surface area contributed by atoms with Crippen LogP contribution >= 0.6 is 0 Å². The lowest BCUT2D eigenvalue weighted by molar-refractivity contribution is -0.118. The van der Waals surface area contributed by atoms with E-state index in [0.717, 1.165) is 68.8 Å². The summed E-state index contributed by atoms with van der Waals surface area (Å²) in [4.78, 5) is 15.6. The summed E-state index contributed by atoms with van der Waals surface area (Å²) in [6, 6.07) is 6.95. The van der Waals surface area contributed by atoms with Crippen LogP contribution in [0.2, 0.25) is 0 Å². The van der Waals surface area contributed by atoms with Crippen LogP contribution in [0.25, 0.3) is 11.1 Å². The second kappa shape index (κ2) is 8.23. The Morgan fingerprint density at radius 1 is 1.29 bits per heavy atom. The van der Waals surface area contributed by atoms with Crippen molar-refractivity contribution >= 4 is 12.1 Å². The lowest BCUT2D eigenvalue weighted by Crippen LogP contribution is -2.40. The van der Waals surface area contributed by atoms with Crippen LogP contribution in [-0.2, 0) is 23.0 Å². The molecule has 31 heavy (non-hydrogen) atoms. The summed E-state index contributed by atoms with van der Waals surface area (Å²) in [6.45, 7) is 8.25. The fraction of sp³-hybridized carbons (Fsp3) is 0.417. The van der Waals surface area contributed by atoms with Gasteiger partial charge in [0.1, 0.15) is 0 Å². The molecular formula is C24H29N5O2. The Morgan fingerprint density at radius 3 is 2.94 bits per heavy atom. The van der Waals surface area contributed by atoms with Gasteiger partial charge in [-0.15, -0.1) is 0 Å². The van der Waals surface area contributed by atoms with Crippen LogP contribution in [0.5, 0.6) is 0 Å². The number of amides is 1. The molecule has 1 unspecified atom stereocenters. The highest BCUT2D eigenvalue weighted by Crippen LogP contribution is 2.37. The molecule has 1 amide bonds. The smallest absolute Gasteiger partial charge is 0.210 e. The highest BCUT2D eigenvalue weighted by molar-refractivity contribution is 5.72. The summed E-state index contributed by atoms with van der Waals surface area (Å²) in [6.07, 6.45) is 7.71. The number of ether oxygens (including phenoxy) is 1. The van der Waals surface area contributed by atoms with Crippen molar-refractivity contribution in [3.8, 4) is 11.1 Å². The molecule has 0 saturated carbocycles. The maximum atomic E-state index is 11.5. The number of aromatic nitrogens is 2. The summed E-state index contributed by atoms with van der Waals surface area (Å²) in [7, 11) is 1.94. The predicted molar refractivity (Wildman–Crippen MR) is 120 cm³/mol. The van der Waals surface area contributed by atoms with E-state index in [1.54, 1.807) is 0 Å². The van der Waals surface area contributed by atoms with Crippen molar-refractivity contribution in [2.75, 3.05) is 37.7 Å². The SMILES string of the molecule is C=C(C1=C(NC2CCOC2)CCN(C=O)C1)N1CCc2cc(-c3cnn(C)c3)ccc21. The molecule has 7 nitrogen and oxygen atoms in total. The molecule has 0 radical (unpaired) electrons. The van der Waals surface area contributed by atoms with E-state index < -0.39 is 0 Å². The molecule has 1 aromatic carbocycles.